The number of nitrogens with zero attached hydrogens (tertiary/aromatic N) is 1. The van der Waals surface area contributed by atoms with E-state index in [2.05, 4.69) is 4.98 Å². The first-order chi connectivity index (χ1) is 5.11. The fraction of sp³-hybridized carbons (Fsp3) is 0. The van der Waals surface area contributed by atoms with Crippen LogP contribution in [0.5, 0.6) is 0 Å². The van der Waals surface area contributed by atoms with Crippen LogP contribution in [0.15, 0.2) is 12.1 Å². The van der Waals surface area contributed by atoms with Crippen molar-refractivity contribution in [1.82, 2.24) is 4.98 Å². The average Bonchev–Trinajstić information content (AvgIpc) is 1.94. The summed E-state index contributed by atoms with van der Waals surface area (Å²) in [6, 6.07) is 3.23. The fourth-order valence-electron chi connectivity index (χ4n) is 0.622. The maximum Gasteiger partial charge on any atom is 0.130 e. The van der Waals surface area contributed by atoms with Crippen LogP contribution in [0.4, 0.5) is 5.69 Å². The van der Waals surface area contributed by atoms with Gasteiger partial charge in [0.1, 0.15) is 14.6 Å². The van der Waals surface area contributed by atoms with E-state index < -0.39 is 0 Å². The van der Waals surface area contributed by atoms with E-state index in [1.54, 1.807) is 12.1 Å². The number of aromatic nitrogens is 1. The van der Waals surface area contributed by atoms with Crippen LogP contribution >= 0.6 is 34.2 Å². The van der Waals surface area contributed by atoms with Crippen molar-refractivity contribution in [2.24, 2.45) is 0 Å². The van der Waals surface area contributed by atoms with E-state index in [1.165, 1.54) is 0 Å². The molecule has 1 aromatic heterocycles. The van der Waals surface area contributed by atoms with Crippen molar-refractivity contribution in [1.29, 1.82) is 5.41 Å². The maximum atomic E-state index is 7.26. The summed E-state index contributed by atoms with van der Waals surface area (Å²) in [6.07, 6.45) is 0. The molecule has 0 spiro atoms. The van der Waals surface area contributed by atoms with Gasteiger partial charge in [-0.1, -0.05) is 11.6 Å². The fourth-order valence-corrected chi connectivity index (χ4v) is 1.20. The predicted octanol–water partition coefficient (Wildman–Crippen LogP) is 2.08. The summed E-state index contributed by atoms with van der Waals surface area (Å²) in [6.45, 7) is 0. The van der Waals surface area contributed by atoms with Gasteiger partial charge in [-0.05, 0) is 34.7 Å². The summed E-state index contributed by atoms with van der Waals surface area (Å²) in [4.78, 5) is 3.88. The molecule has 58 valence electrons. The first kappa shape index (κ1) is 8.73. The van der Waals surface area contributed by atoms with Gasteiger partial charge >= 0.3 is 0 Å². The van der Waals surface area contributed by atoms with Crippen molar-refractivity contribution in [3.05, 3.63) is 23.0 Å². The second kappa shape index (κ2) is 3.36. The lowest BCUT2D eigenvalue weighted by Gasteiger charge is -2.00. The van der Waals surface area contributed by atoms with E-state index in [9.17, 15) is 0 Å². The summed E-state index contributed by atoms with van der Waals surface area (Å²) >= 11 is 7.43. The quantitative estimate of drug-likeness (QED) is 0.470. The minimum Gasteiger partial charge on any atom is -0.397 e. The average molecular weight is 281 g/mol. The summed E-state index contributed by atoms with van der Waals surface area (Å²) in [5.41, 5.74) is 6.45. The Labute approximate surface area is 82.6 Å². The van der Waals surface area contributed by atoms with Crippen molar-refractivity contribution >= 4 is 43.6 Å². The third kappa shape index (κ3) is 2.03. The number of hydrogen-bond donors (Lipinski definition) is 2. The van der Waals surface area contributed by atoms with Crippen molar-refractivity contribution in [3.63, 3.8) is 0 Å². The summed E-state index contributed by atoms with van der Waals surface area (Å²) in [7, 11) is 0. The van der Waals surface area contributed by atoms with Crippen LogP contribution in [0.2, 0.25) is 5.15 Å². The van der Waals surface area contributed by atoms with Gasteiger partial charge in [0.15, 0.2) is 0 Å². The van der Waals surface area contributed by atoms with Crippen LogP contribution in [0, 0.1) is 5.41 Å². The van der Waals surface area contributed by atoms with Crippen LogP contribution in [0.1, 0.15) is 5.69 Å². The van der Waals surface area contributed by atoms with E-state index >= 15 is 0 Å². The number of hydrogen-bond acceptors (Lipinski definition) is 3. The first-order valence-corrected chi connectivity index (χ1v) is 4.23. The summed E-state index contributed by atoms with van der Waals surface area (Å²) < 4.78 is 0.294. The normalized spacial score (nSPS) is 9.64. The molecule has 0 atom stereocenters. The van der Waals surface area contributed by atoms with Gasteiger partial charge in [0.05, 0.1) is 5.69 Å². The number of halogens is 2. The van der Waals surface area contributed by atoms with Gasteiger partial charge in [0, 0.05) is 0 Å². The number of nitrogens with one attached hydrogen (secondary N) is 1. The molecule has 0 saturated carbocycles. The highest BCUT2D eigenvalue weighted by Crippen LogP contribution is 2.15. The molecular formula is C6H5ClIN3. The van der Waals surface area contributed by atoms with Gasteiger partial charge in [0.2, 0.25) is 0 Å². The molecule has 0 unspecified atom stereocenters. The molecule has 1 heterocycles. The molecule has 0 saturated heterocycles. The lowest BCUT2D eigenvalue weighted by atomic mass is 10.3. The SMILES string of the molecule is N=C(I)c1nc(Cl)ccc1N. The zero-order chi connectivity index (χ0) is 8.43. The van der Waals surface area contributed by atoms with Gasteiger partial charge in [-0.2, -0.15) is 0 Å². The molecule has 0 fully saturated rings. The standard InChI is InChI=1S/C6H5ClIN3/c7-4-2-1-3(9)5(11-4)6(8)10/h1-2,10H,9H2. The van der Waals surface area contributed by atoms with E-state index in [0.717, 1.165) is 0 Å². The molecule has 0 aliphatic heterocycles. The third-order valence-corrected chi connectivity index (χ3v) is 1.82. The molecule has 5 heteroatoms. The Morgan fingerprint density at radius 2 is 2.27 bits per heavy atom. The van der Waals surface area contributed by atoms with E-state index in [1.807, 2.05) is 22.6 Å². The van der Waals surface area contributed by atoms with Crippen LogP contribution in [0.25, 0.3) is 0 Å². The molecule has 0 radical (unpaired) electrons. The molecule has 1 aromatic rings. The van der Waals surface area contributed by atoms with Gasteiger partial charge in [-0.15, -0.1) is 0 Å². The van der Waals surface area contributed by atoms with Crippen LogP contribution in [0.3, 0.4) is 0 Å². The van der Waals surface area contributed by atoms with E-state index in [4.69, 9.17) is 22.7 Å². The number of pyridine rings is 1. The Bertz CT molecular complexity index is 300. The first-order valence-electron chi connectivity index (χ1n) is 2.77. The molecule has 0 aliphatic rings. The summed E-state index contributed by atoms with van der Waals surface area (Å²) in [5, 5.41) is 7.62. The Balaban J connectivity index is 3.23. The summed E-state index contributed by atoms with van der Waals surface area (Å²) in [5.74, 6) is 0. The van der Waals surface area contributed by atoms with Gasteiger partial charge in [-0.25, -0.2) is 4.98 Å². The Morgan fingerprint density at radius 1 is 1.64 bits per heavy atom. The Morgan fingerprint density at radius 3 is 2.73 bits per heavy atom. The molecule has 11 heavy (non-hydrogen) atoms. The molecule has 1 rings (SSSR count). The minimum absolute atomic E-state index is 0.294. The highest BCUT2D eigenvalue weighted by atomic mass is 127. The smallest absolute Gasteiger partial charge is 0.130 e. The van der Waals surface area contributed by atoms with Crippen molar-refractivity contribution in [3.8, 4) is 0 Å². The lowest BCUT2D eigenvalue weighted by Crippen LogP contribution is -2.00. The van der Waals surface area contributed by atoms with Crippen molar-refractivity contribution in [2.75, 3.05) is 5.73 Å². The van der Waals surface area contributed by atoms with Crippen LogP contribution < -0.4 is 5.73 Å². The van der Waals surface area contributed by atoms with Crippen molar-refractivity contribution in [2.45, 2.75) is 0 Å². The Kier molecular flexibility index (Phi) is 2.67. The highest BCUT2D eigenvalue weighted by Gasteiger charge is 2.04. The van der Waals surface area contributed by atoms with Crippen LogP contribution in [-0.4, -0.2) is 8.70 Å². The lowest BCUT2D eigenvalue weighted by molar-refractivity contribution is 1.29. The van der Waals surface area contributed by atoms with Crippen molar-refractivity contribution < 1.29 is 0 Å². The van der Waals surface area contributed by atoms with Crippen LogP contribution in [-0.2, 0) is 0 Å². The number of rotatable bonds is 1. The molecule has 0 aliphatic carbocycles. The minimum atomic E-state index is 0.294. The topological polar surface area (TPSA) is 62.8 Å². The largest absolute Gasteiger partial charge is 0.397 e. The second-order valence-electron chi connectivity index (χ2n) is 1.89. The van der Waals surface area contributed by atoms with E-state index in [0.29, 0.717) is 20.3 Å². The van der Waals surface area contributed by atoms with E-state index in [-0.39, 0.29) is 0 Å². The van der Waals surface area contributed by atoms with Gasteiger partial charge in [-0.3, -0.25) is 5.41 Å². The zero-order valence-electron chi connectivity index (χ0n) is 5.44. The molecule has 0 bridgehead atoms. The highest BCUT2D eigenvalue weighted by molar-refractivity contribution is 14.1. The van der Waals surface area contributed by atoms with Gasteiger partial charge in [0.25, 0.3) is 0 Å². The monoisotopic (exact) mass is 281 g/mol. The third-order valence-electron chi connectivity index (χ3n) is 1.10. The number of nitrogen functional groups attached to an aromatic ring is 1. The Hall–Kier alpha value is -0.360. The number of anilines is 1. The molecule has 0 amide bonds. The second-order valence-corrected chi connectivity index (χ2v) is 3.35. The maximum absolute atomic E-state index is 7.26. The van der Waals surface area contributed by atoms with Gasteiger partial charge < -0.3 is 5.73 Å². The molecule has 3 nitrogen and oxygen atoms in total. The predicted molar refractivity (Wildman–Crippen MR) is 54.5 cm³/mol. The molecular weight excluding hydrogens is 276 g/mol. The number of nitrogens with two attached hydrogens (primary N) is 1. The molecule has 3 N–H and O–H groups in total. The zero-order valence-corrected chi connectivity index (χ0v) is 8.35. The molecule has 0 aromatic carbocycles.